The zero-order valence-corrected chi connectivity index (χ0v) is 13.5. The Kier molecular flexibility index (Phi) is 4.45. The van der Waals surface area contributed by atoms with Gasteiger partial charge in [-0.1, -0.05) is 51.1 Å². The van der Waals surface area contributed by atoms with Gasteiger partial charge >= 0.3 is 0 Å². The van der Waals surface area contributed by atoms with Crippen LogP contribution >= 0.6 is 0 Å². The van der Waals surface area contributed by atoms with Crippen LogP contribution in [-0.4, -0.2) is 18.7 Å². The molecule has 0 N–H and O–H groups in total. The molecule has 114 valence electrons. The number of carbonyl (C=O) groups excluding carboxylic acids is 2. The maximum Gasteiger partial charge on any atom is 0.258 e. The number of para-hydroxylation sites is 1. The normalized spacial score (nSPS) is 11.1. The molecule has 0 saturated heterocycles. The molecule has 0 fully saturated rings. The molecule has 0 aliphatic carbocycles. The van der Waals surface area contributed by atoms with Crippen molar-refractivity contribution in [1.29, 1.82) is 0 Å². The van der Waals surface area contributed by atoms with Gasteiger partial charge in [-0.3, -0.25) is 9.59 Å². The highest BCUT2D eigenvalue weighted by Crippen LogP contribution is 2.28. The Morgan fingerprint density at radius 1 is 0.864 bits per heavy atom. The van der Waals surface area contributed by atoms with E-state index in [2.05, 4.69) is 0 Å². The first-order valence-electron chi connectivity index (χ1n) is 7.29. The molecule has 2 aromatic rings. The first-order valence-corrected chi connectivity index (χ1v) is 7.29. The van der Waals surface area contributed by atoms with Gasteiger partial charge in [0.25, 0.3) is 5.91 Å². The van der Waals surface area contributed by atoms with Gasteiger partial charge in [-0.05, 0) is 24.3 Å². The number of ketones is 1. The van der Waals surface area contributed by atoms with Crippen molar-refractivity contribution in [3.8, 4) is 0 Å². The highest BCUT2D eigenvalue weighted by Gasteiger charge is 2.27. The van der Waals surface area contributed by atoms with Crippen molar-refractivity contribution >= 4 is 17.4 Å². The summed E-state index contributed by atoms with van der Waals surface area (Å²) in [5.41, 5.74) is 1.31. The minimum atomic E-state index is -0.493. The van der Waals surface area contributed by atoms with Crippen molar-refractivity contribution in [2.45, 2.75) is 20.8 Å². The molecule has 0 saturated carbocycles. The van der Waals surface area contributed by atoms with E-state index in [0.29, 0.717) is 16.8 Å². The van der Waals surface area contributed by atoms with E-state index in [4.69, 9.17) is 0 Å². The summed E-state index contributed by atoms with van der Waals surface area (Å²) in [6.07, 6.45) is 0. The van der Waals surface area contributed by atoms with Gasteiger partial charge in [0.1, 0.15) is 0 Å². The van der Waals surface area contributed by atoms with Gasteiger partial charge in [0.2, 0.25) is 0 Å². The van der Waals surface area contributed by atoms with Gasteiger partial charge in [-0.25, -0.2) is 0 Å². The third-order valence-electron chi connectivity index (χ3n) is 3.52. The SMILES string of the molecule is CN(C(=O)c1ccccc1)c1ccccc1C(=O)C(C)(C)C. The Bertz CT molecular complexity index is 684. The fourth-order valence-electron chi connectivity index (χ4n) is 2.25. The van der Waals surface area contributed by atoms with E-state index in [1.807, 2.05) is 51.1 Å². The molecule has 0 unspecified atom stereocenters. The number of anilines is 1. The predicted octanol–water partition coefficient (Wildman–Crippen LogP) is 4.19. The number of carbonyl (C=O) groups is 2. The van der Waals surface area contributed by atoms with Crippen LogP contribution in [0.1, 0.15) is 41.5 Å². The number of Topliss-reactive ketones (excluding diaryl/α,β-unsaturated/α-hetero) is 1. The van der Waals surface area contributed by atoms with Crippen LogP contribution < -0.4 is 4.90 Å². The Hall–Kier alpha value is -2.42. The molecule has 0 atom stereocenters. The molecule has 2 aromatic carbocycles. The summed E-state index contributed by atoms with van der Waals surface area (Å²) >= 11 is 0. The topological polar surface area (TPSA) is 37.4 Å². The Morgan fingerprint density at radius 2 is 1.41 bits per heavy atom. The highest BCUT2D eigenvalue weighted by molar-refractivity contribution is 6.11. The number of hydrogen-bond acceptors (Lipinski definition) is 2. The molecule has 0 aromatic heterocycles. The zero-order valence-electron chi connectivity index (χ0n) is 13.5. The van der Waals surface area contributed by atoms with Gasteiger partial charge in [-0.15, -0.1) is 0 Å². The van der Waals surface area contributed by atoms with Crippen molar-refractivity contribution in [2.24, 2.45) is 5.41 Å². The van der Waals surface area contributed by atoms with E-state index >= 15 is 0 Å². The van der Waals surface area contributed by atoms with Gasteiger partial charge in [-0.2, -0.15) is 0 Å². The lowest BCUT2D eigenvalue weighted by atomic mass is 9.85. The fraction of sp³-hybridized carbons (Fsp3) is 0.263. The van der Waals surface area contributed by atoms with Gasteiger partial charge in [0.05, 0.1) is 5.69 Å². The summed E-state index contributed by atoms with van der Waals surface area (Å²) in [6, 6.07) is 16.3. The largest absolute Gasteiger partial charge is 0.311 e. The van der Waals surface area contributed by atoms with Crippen LogP contribution in [0.15, 0.2) is 54.6 Å². The zero-order chi connectivity index (χ0) is 16.3. The molecule has 2 rings (SSSR count). The number of nitrogens with zero attached hydrogens (tertiary/aromatic N) is 1. The van der Waals surface area contributed by atoms with E-state index < -0.39 is 5.41 Å². The van der Waals surface area contributed by atoms with Crippen LogP contribution in [0.4, 0.5) is 5.69 Å². The van der Waals surface area contributed by atoms with Crippen LogP contribution in [0, 0.1) is 5.41 Å². The summed E-state index contributed by atoms with van der Waals surface area (Å²) in [7, 11) is 1.70. The number of benzene rings is 2. The third kappa shape index (κ3) is 3.25. The molecule has 0 bridgehead atoms. The van der Waals surface area contributed by atoms with Crippen molar-refractivity contribution in [2.75, 3.05) is 11.9 Å². The molecule has 1 amide bonds. The molecule has 3 heteroatoms. The lowest BCUT2D eigenvalue weighted by molar-refractivity contribution is 0.0859. The van der Waals surface area contributed by atoms with Crippen LogP contribution in [-0.2, 0) is 0 Å². The smallest absolute Gasteiger partial charge is 0.258 e. The molecule has 0 radical (unpaired) electrons. The van der Waals surface area contributed by atoms with Gasteiger partial charge in [0.15, 0.2) is 5.78 Å². The van der Waals surface area contributed by atoms with E-state index in [9.17, 15) is 9.59 Å². The number of amides is 1. The van der Waals surface area contributed by atoms with Crippen LogP contribution in [0.5, 0.6) is 0 Å². The average Bonchev–Trinajstić information content (AvgIpc) is 2.52. The molecular formula is C19H21NO2. The van der Waals surface area contributed by atoms with Crippen molar-refractivity contribution in [3.05, 3.63) is 65.7 Å². The van der Waals surface area contributed by atoms with Gasteiger partial charge < -0.3 is 4.90 Å². The lowest BCUT2D eigenvalue weighted by Gasteiger charge is -2.24. The van der Waals surface area contributed by atoms with Crippen LogP contribution in [0.2, 0.25) is 0 Å². The molecule has 0 spiro atoms. The summed E-state index contributed by atoms with van der Waals surface area (Å²) in [5.74, 6) is -0.106. The average molecular weight is 295 g/mol. The Balaban J connectivity index is 2.41. The first-order chi connectivity index (χ1) is 10.3. The second-order valence-electron chi connectivity index (χ2n) is 6.33. The Morgan fingerprint density at radius 3 is 2.00 bits per heavy atom. The molecular weight excluding hydrogens is 274 g/mol. The van der Waals surface area contributed by atoms with Crippen molar-refractivity contribution < 1.29 is 9.59 Å². The minimum Gasteiger partial charge on any atom is -0.311 e. The maximum atomic E-state index is 12.6. The summed E-state index contributed by atoms with van der Waals surface area (Å²) < 4.78 is 0. The lowest BCUT2D eigenvalue weighted by Crippen LogP contribution is -2.29. The second kappa shape index (κ2) is 6.14. The highest BCUT2D eigenvalue weighted by atomic mass is 16.2. The predicted molar refractivity (Wildman–Crippen MR) is 89.4 cm³/mol. The quantitative estimate of drug-likeness (QED) is 0.796. The van der Waals surface area contributed by atoms with Crippen LogP contribution in [0.3, 0.4) is 0 Å². The van der Waals surface area contributed by atoms with Crippen molar-refractivity contribution in [1.82, 2.24) is 0 Å². The van der Waals surface area contributed by atoms with E-state index in [-0.39, 0.29) is 11.7 Å². The summed E-state index contributed by atoms with van der Waals surface area (Å²) in [6.45, 7) is 5.64. The van der Waals surface area contributed by atoms with E-state index in [1.54, 1.807) is 31.3 Å². The minimum absolute atomic E-state index is 0.0239. The third-order valence-corrected chi connectivity index (χ3v) is 3.52. The number of rotatable bonds is 3. The molecule has 0 heterocycles. The molecule has 22 heavy (non-hydrogen) atoms. The Labute approximate surface area is 131 Å². The molecule has 0 aliphatic rings. The van der Waals surface area contributed by atoms with Crippen LogP contribution in [0.25, 0.3) is 0 Å². The first kappa shape index (κ1) is 16.0. The molecule has 0 aliphatic heterocycles. The second-order valence-corrected chi connectivity index (χ2v) is 6.33. The van der Waals surface area contributed by atoms with E-state index in [0.717, 1.165) is 0 Å². The monoisotopic (exact) mass is 295 g/mol. The number of hydrogen-bond donors (Lipinski definition) is 0. The standard InChI is InChI=1S/C19H21NO2/c1-19(2,3)17(21)15-12-8-9-13-16(15)20(4)18(22)14-10-6-5-7-11-14/h5-13H,1-4H3. The summed E-state index contributed by atoms with van der Waals surface area (Å²) in [4.78, 5) is 26.7. The fourth-order valence-corrected chi connectivity index (χ4v) is 2.25. The maximum absolute atomic E-state index is 12.6. The van der Waals surface area contributed by atoms with E-state index in [1.165, 1.54) is 4.90 Å². The molecule has 3 nitrogen and oxygen atoms in total. The van der Waals surface area contributed by atoms with Crippen molar-refractivity contribution in [3.63, 3.8) is 0 Å². The summed E-state index contributed by atoms with van der Waals surface area (Å²) in [5, 5.41) is 0. The van der Waals surface area contributed by atoms with Gasteiger partial charge in [0, 0.05) is 23.6 Å².